The van der Waals surface area contributed by atoms with E-state index in [-0.39, 0.29) is 17.5 Å². The van der Waals surface area contributed by atoms with Gasteiger partial charge in [-0.15, -0.1) is 0 Å². The second-order valence-corrected chi connectivity index (χ2v) is 6.23. The van der Waals surface area contributed by atoms with E-state index in [0.29, 0.717) is 10.2 Å². The lowest BCUT2D eigenvalue weighted by Gasteiger charge is -2.38. The summed E-state index contributed by atoms with van der Waals surface area (Å²) in [5.74, 6) is 0.376. The molecule has 0 saturated carbocycles. The van der Waals surface area contributed by atoms with Gasteiger partial charge in [0.1, 0.15) is 17.2 Å². The Labute approximate surface area is 116 Å². The molecule has 0 radical (unpaired) electrons. The van der Waals surface area contributed by atoms with E-state index < -0.39 is 0 Å². The molecule has 1 aromatic carbocycles. The Hall–Kier alpha value is -0.610. The third-order valence-electron chi connectivity index (χ3n) is 3.15. The van der Waals surface area contributed by atoms with Gasteiger partial charge < -0.3 is 10.1 Å². The average molecular weight is 316 g/mol. The summed E-state index contributed by atoms with van der Waals surface area (Å²) in [5, 5.41) is 3.51. The molecule has 4 heteroatoms. The minimum atomic E-state index is -0.277. The molecule has 0 aliphatic carbocycles. The van der Waals surface area contributed by atoms with Crippen molar-refractivity contribution in [3.63, 3.8) is 0 Å². The molecule has 100 valence electrons. The molecule has 1 atom stereocenters. The highest BCUT2D eigenvalue weighted by molar-refractivity contribution is 9.10. The second-order valence-electron chi connectivity index (χ2n) is 5.38. The molecule has 1 heterocycles. The van der Waals surface area contributed by atoms with E-state index in [1.54, 1.807) is 0 Å². The maximum absolute atomic E-state index is 13.6. The maximum Gasteiger partial charge on any atom is 0.141 e. The van der Waals surface area contributed by atoms with Gasteiger partial charge in [0.05, 0.1) is 4.47 Å². The van der Waals surface area contributed by atoms with Crippen molar-refractivity contribution < 1.29 is 9.13 Å². The molecule has 1 aliphatic heterocycles. The number of hydrogen-bond acceptors (Lipinski definition) is 2. The summed E-state index contributed by atoms with van der Waals surface area (Å²) in [6.07, 6.45) is 1.97. The molecular weight excluding hydrogens is 297 g/mol. The van der Waals surface area contributed by atoms with Crippen LogP contribution in [-0.4, -0.2) is 12.1 Å². The molecular formula is C14H19BrFNO. The van der Waals surface area contributed by atoms with Crippen molar-refractivity contribution in [1.29, 1.82) is 0 Å². The van der Waals surface area contributed by atoms with Gasteiger partial charge >= 0.3 is 0 Å². The molecule has 1 aromatic rings. The highest BCUT2D eigenvalue weighted by Gasteiger charge is 2.34. The van der Waals surface area contributed by atoms with Crippen molar-refractivity contribution in [1.82, 2.24) is 5.32 Å². The van der Waals surface area contributed by atoms with Crippen LogP contribution in [0.25, 0.3) is 0 Å². The van der Waals surface area contributed by atoms with E-state index in [9.17, 15) is 4.39 Å². The maximum atomic E-state index is 13.6. The SMILES string of the molecule is CCCNC1CC(C)(C)Oc2cc(F)c(Br)cc21. The molecule has 0 aromatic heterocycles. The van der Waals surface area contributed by atoms with Crippen LogP contribution in [0.5, 0.6) is 5.75 Å². The molecule has 0 bridgehead atoms. The molecule has 1 N–H and O–H groups in total. The zero-order valence-electron chi connectivity index (χ0n) is 11.0. The van der Waals surface area contributed by atoms with Crippen molar-refractivity contribution in [3.8, 4) is 5.75 Å². The Morgan fingerprint density at radius 3 is 2.89 bits per heavy atom. The molecule has 0 spiro atoms. The first kappa shape index (κ1) is 13.8. The van der Waals surface area contributed by atoms with Gasteiger partial charge in [0.25, 0.3) is 0 Å². The minimum absolute atomic E-state index is 0.223. The highest BCUT2D eigenvalue weighted by atomic mass is 79.9. The van der Waals surface area contributed by atoms with E-state index >= 15 is 0 Å². The summed E-state index contributed by atoms with van der Waals surface area (Å²) in [6, 6.07) is 3.52. The standard InChI is InChI=1S/C14H19BrFNO/c1-4-5-17-12-8-14(2,3)18-13-7-11(16)10(15)6-9(12)13/h6-7,12,17H,4-5,8H2,1-3H3. The van der Waals surface area contributed by atoms with Gasteiger partial charge in [-0.1, -0.05) is 6.92 Å². The second kappa shape index (κ2) is 5.17. The van der Waals surface area contributed by atoms with Crippen LogP contribution in [0.15, 0.2) is 16.6 Å². The summed E-state index contributed by atoms with van der Waals surface area (Å²) in [6.45, 7) is 7.17. The van der Waals surface area contributed by atoms with Gasteiger partial charge in [0.2, 0.25) is 0 Å². The third kappa shape index (κ3) is 2.86. The topological polar surface area (TPSA) is 21.3 Å². The normalized spacial score (nSPS) is 21.3. The predicted octanol–water partition coefficient (Wildman–Crippen LogP) is 4.19. The Morgan fingerprint density at radius 2 is 2.22 bits per heavy atom. The number of nitrogens with one attached hydrogen (secondary N) is 1. The van der Waals surface area contributed by atoms with Gasteiger partial charge in [0, 0.05) is 24.1 Å². The molecule has 2 rings (SSSR count). The van der Waals surface area contributed by atoms with Gasteiger partial charge in [0.15, 0.2) is 0 Å². The average Bonchev–Trinajstić information content (AvgIpc) is 2.27. The minimum Gasteiger partial charge on any atom is -0.487 e. The fraction of sp³-hybridized carbons (Fsp3) is 0.571. The van der Waals surface area contributed by atoms with Crippen LogP contribution in [0.3, 0.4) is 0 Å². The van der Waals surface area contributed by atoms with E-state index in [1.165, 1.54) is 6.07 Å². The Balaban J connectivity index is 2.37. The number of halogens is 2. The third-order valence-corrected chi connectivity index (χ3v) is 3.76. The molecule has 1 aliphatic rings. The first-order valence-corrected chi connectivity index (χ1v) is 7.13. The Morgan fingerprint density at radius 1 is 1.50 bits per heavy atom. The van der Waals surface area contributed by atoms with Crippen LogP contribution in [0.4, 0.5) is 4.39 Å². The van der Waals surface area contributed by atoms with Crippen molar-refractivity contribution in [2.45, 2.75) is 45.3 Å². The molecule has 1 unspecified atom stereocenters. The van der Waals surface area contributed by atoms with Gasteiger partial charge in [-0.25, -0.2) is 4.39 Å². The number of fused-ring (bicyclic) bond motifs is 1. The van der Waals surface area contributed by atoms with E-state index in [1.807, 2.05) is 19.9 Å². The van der Waals surface area contributed by atoms with E-state index in [0.717, 1.165) is 24.9 Å². The molecule has 0 fully saturated rings. The summed E-state index contributed by atoms with van der Waals surface area (Å²) in [4.78, 5) is 0. The van der Waals surface area contributed by atoms with Crippen molar-refractivity contribution in [2.75, 3.05) is 6.54 Å². The summed E-state index contributed by atoms with van der Waals surface area (Å²) < 4.78 is 19.9. The number of hydrogen-bond donors (Lipinski definition) is 1. The quantitative estimate of drug-likeness (QED) is 0.903. The van der Waals surface area contributed by atoms with Crippen molar-refractivity contribution >= 4 is 15.9 Å². The van der Waals surface area contributed by atoms with Crippen molar-refractivity contribution in [3.05, 3.63) is 28.0 Å². The zero-order chi connectivity index (χ0) is 13.3. The first-order chi connectivity index (χ1) is 8.43. The van der Waals surface area contributed by atoms with Gasteiger partial charge in [-0.05, 0) is 48.8 Å². The zero-order valence-corrected chi connectivity index (χ0v) is 12.6. The van der Waals surface area contributed by atoms with Gasteiger partial charge in [-0.3, -0.25) is 0 Å². The number of ether oxygens (including phenoxy) is 1. The lowest BCUT2D eigenvalue weighted by atomic mass is 9.89. The van der Waals surface area contributed by atoms with Crippen LogP contribution in [0, 0.1) is 5.82 Å². The van der Waals surface area contributed by atoms with Crippen LogP contribution in [0.2, 0.25) is 0 Å². The van der Waals surface area contributed by atoms with Crippen LogP contribution >= 0.6 is 15.9 Å². The lowest BCUT2D eigenvalue weighted by Crippen LogP contribution is -2.39. The number of rotatable bonds is 3. The highest BCUT2D eigenvalue weighted by Crippen LogP contribution is 2.41. The monoisotopic (exact) mass is 315 g/mol. The van der Waals surface area contributed by atoms with Crippen molar-refractivity contribution in [2.24, 2.45) is 0 Å². The van der Waals surface area contributed by atoms with Crippen LogP contribution < -0.4 is 10.1 Å². The summed E-state index contributed by atoms with van der Waals surface area (Å²) in [7, 11) is 0. The Kier molecular flexibility index (Phi) is 3.97. The largest absolute Gasteiger partial charge is 0.487 e. The fourth-order valence-electron chi connectivity index (χ4n) is 2.35. The number of benzene rings is 1. The molecule has 18 heavy (non-hydrogen) atoms. The smallest absolute Gasteiger partial charge is 0.141 e. The van der Waals surface area contributed by atoms with E-state index in [2.05, 4.69) is 28.2 Å². The Bertz CT molecular complexity index is 448. The van der Waals surface area contributed by atoms with Crippen LogP contribution in [0.1, 0.15) is 45.2 Å². The molecule has 0 saturated heterocycles. The summed E-state index contributed by atoms with van der Waals surface area (Å²) >= 11 is 3.24. The van der Waals surface area contributed by atoms with E-state index in [4.69, 9.17) is 4.74 Å². The van der Waals surface area contributed by atoms with Crippen LogP contribution in [-0.2, 0) is 0 Å². The summed E-state index contributed by atoms with van der Waals surface area (Å²) in [5.41, 5.74) is 0.773. The molecule has 0 amide bonds. The first-order valence-electron chi connectivity index (χ1n) is 6.34. The molecule has 2 nitrogen and oxygen atoms in total. The predicted molar refractivity (Wildman–Crippen MR) is 74.5 cm³/mol. The lowest BCUT2D eigenvalue weighted by molar-refractivity contribution is 0.0656. The van der Waals surface area contributed by atoms with Gasteiger partial charge in [-0.2, -0.15) is 0 Å². The fourth-order valence-corrected chi connectivity index (χ4v) is 2.71.